The number of carbonyl (C=O) groups excluding carboxylic acids is 1. The van der Waals surface area contributed by atoms with E-state index in [-0.39, 0.29) is 10.7 Å². The first-order chi connectivity index (χ1) is 8.20. The molecule has 0 saturated carbocycles. The van der Waals surface area contributed by atoms with Crippen molar-refractivity contribution < 1.29 is 18.0 Å². The molecule has 1 aromatic heterocycles. The van der Waals surface area contributed by atoms with Gasteiger partial charge in [-0.3, -0.25) is 9.78 Å². The van der Waals surface area contributed by atoms with Crippen molar-refractivity contribution in [2.45, 2.75) is 6.18 Å². The molecule has 1 aromatic rings. The van der Waals surface area contributed by atoms with Gasteiger partial charge in [0.15, 0.2) is 0 Å². The second kappa shape index (κ2) is 5.30. The third kappa shape index (κ3) is 3.95. The highest BCUT2D eigenvalue weighted by molar-refractivity contribution is 7.80. The van der Waals surface area contributed by atoms with Gasteiger partial charge in [0.2, 0.25) is 0 Å². The Morgan fingerprint density at radius 1 is 1.50 bits per heavy atom. The number of aromatic nitrogens is 1. The SMILES string of the molecule is CN(CC(F)(F)F)C(=O)c1ccc(C(N)=S)cn1. The molecule has 1 heterocycles. The minimum absolute atomic E-state index is 0.0956. The van der Waals surface area contributed by atoms with E-state index in [1.165, 1.54) is 18.3 Å². The molecule has 0 bridgehead atoms. The number of hydrogen-bond acceptors (Lipinski definition) is 3. The Morgan fingerprint density at radius 2 is 2.11 bits per heavy atom. The summed E-state index contributed by atoms with van der Waals surface area (Å²) in [7, 11) is 1.05. The number of amides is 1. The molecule has 0 aromatic carbocycles. The number of alkyl halides is 3. The van der Waals surface area contributed by atoms with Crippen molar-refractivity contribution in [3.63, 3.8) is 0 Å². The summed E-state index contributed by atoms with van der Waals surface area (Å²) in [6, 6.07) is 2.72. The Labute approximate surface area is 107 Å². The lowest BCUT2D eigenvalue weighted by Crippen LogP contribution is -2.36. The number of nitrogens with zero attached hydrogens (tertiary/aromatic N) is 2. The van der Waals surface area contributed by atoms with Gasteiger partial charge in [-0.2, -0.15) is 13.2 Å². The second-order valence-electron chi connectivity index (χ2n) is 3.57. The maximum Gasteiger partial charge on any atom is 0.406 e. The Morgan fingerprint density at radius 3 is 2.50 bits per heavy atom. The number of pyridine rings is 1. The molecule has 0 spiro atoms. The van der Waals surface area contributed by atoms with Crippen molar-refractivity contribution in [3.8, 4) is 0 Å². The number of nitrogens with two attached hydrogens (primary N) is 1. The summed E-state index contributed by atoms with van der Waals surface area (Å²) in [6.45, 7) is -1.33. The molecule has 0 aliphatic carbocycles. The van der Waals surface area contributed by atoms with Crippen LogP contribution in [0, 0.1) is 0 Å². The normalized spacial score (nSPS) is 11.1. The van der Waals surface area contributed by atoms with Gasteiger partial charge in [0, 0.05) is 18.8 Å². The van der Waals surface area contributed by atoms with Gasteiger partial charge in [0.1, 0.15) is 17.2 Å². The van der Waals surface area contributed by atoms with E-state index >= 15 is 0 Å². The number of hydrogen-bond donors (Lipinski definition) is 1. The summed E-state index contributed by atoms with van der Waals surface area (Å²) in [5.41, 5.74) is 5.68. The Kier molecular flexibility index (Phi) is 4.23. The van der Waals surface area contributed by atoms with E-state index in [9.17, 15) is 18.0 Å². The number of halogens is 3. The van der Waals surface area contributed by atoms with Crippen molar-refractivity contribution in [2.24, 2.45) is 5.73 Å². The van der Waals surface area contributed by atoms with E-state index in [1.54, 1.807) is 0 Å². The van der Waals surface area contributed by atoms with E-state index in [4.69, 9.17) is 5.73 Å². The van der Waals surface area contributed by atoms with Crippen LogP contribution in [-0.2, 0) is 0 Å². The highest BCUT2D eigenvalue weighted by Crippen LogP contribution is 2.16. The zero-order chi connectivity index (χ0) is 13.9. The van der Waals surface area contributed by atoms with E-state index in [0.717, 1.165) is 7.05 Å². The number of thiocarbonyl (C=S) groups is 1. The van der Waals surface area contributed by atoms with Gasteiger partial charge in [-0.1, -0.05) is 12.2 Å². The molecule has 18 heavy (non-hydrogen) atoms. The molecule has 0 fully saturated rings. The smallest absolute Gasteiger partial charge is 0.389 e. The molecular weight excluding hydrogens is 267 g/mol. The molecule has 1 amide bonds. The van der Waals surface area contributed by atoms with Crippen LogP contribution < -0.4 is 5.73 Å². The lowest BCUT2D eigenvalue weighted by molar-refractivity contribution is -0.138. The van der Waals surface area contributed by atoms with Gasteiger partial charge in [-0.05, 0) is 12.1 Å². The summed E-state index contributed by atoms with van der Waals surface area (Å²) >= 11 is 4.69. The van der Waals surface area contributed by atoms with Gasteiger partial charge >= 0.3 is 6.18 Å². The maximum atomic E-state index is 12.1. The van der Waals surface area contributed by atoms with Crippen molar-refractivity contribution in [1.82, 2.24) is 9.88 Å². The summed E-state index contributed by atoms with van der Waals surface area (Å²) in [6.07, 6.45) is -3.19. The lowest BCUT2D eigenvalue weighted by atomic mass is 10.2. The van der Waals surface area contributed by atoms with Crippen molar-refractivity contribution in [2.75, 3.05) is 13.6 Å². The van der Waals surface area contributed by atoms with Crippen LogP contribution in [-0.4, -0.2) is 40.5 Å². The Balaban J connectivity index is 2.81. The summed E-state index contributed by atoms with van der Waals surface area (Å²) in [5, 5.41) is 0. The average Bonchev–Trinajstić information content (AvgIpc) is 2.26. The first kappa shape index (κ1) is 14.4. The Bertz CT molecular complexity index is 458. The molecule has 4 nitrogen and oxygen atoms in total. The first-order valence-electron chi connectivity index (χ1n) is 4.79. The van der Waals surface area contributed by atoms with Crippen molar-refractivity contribution in [3.05, 3.63) is 29.6 Å². The molecule has 98 valence electrons. The monoisotopic (exact) mass is 277 g/mol. The van der Waals surface area contributed by atoms with Crippen LogP contribution in [0.4, 0.5) is 13.2 Å². The van der Waals surface area contributed by atoms with Gasteiger partial charge in [0.25, 0.3) is 5.91 Å². The van der Waals surface area contributed by atoms with Gasteiger partial charge in [-0.25, -0.2) is 0 Å². The van der Waals surface area contributed by atoms with Crippen molar-refractivity contribution in [1.29, 1.82) is 0 Å². The molecule has 0 atom stereocenters. The lowest BCUT2D eigenvalue weighted by Gasteiger charge is -2.18. The van der Waals surface area contributed by atoms with Crippen molar-refractivity contribution >= 4 is 23.1 Å². The predicted octanol–water partition coefficient (Wildman–Crippen LogP) is 1.35. The molecular formula is C10H10F3N3OS. The van der Waals surface area contributed by atoms with Gasteiger partial charge in [0.05, 0.1) is 0 Å². The second-order valence-corrected chi connectivity index (χ2v) is 4.01. The highest BCUT2D eigenvalue weighted by atomic mass is 32.1. The fraction of sp³-hybridized carbons (Fsp3) is 0.300. The highest BCUT2D eigenvalue weighted by Gasteiger charge is 2.31. The molecule has 0 aliphatic rings. The quantitative estimate of drug-likeness (QED) is 0.847. The molecule has 0 radical (unpaired) electrons. The zero-order valence-electron chi connectivity index (χ0n) is 9.36. The first-order valence-corrected chi connectivity index (χ1v) is 5.19. The van der Waals surface area contributed by atoms with E-state index < -0.39 is 18.6 Å². The van der Waals surface area contributed by atoms with Crippen LogP contribution in [0.15, 0.2) is 18.3 Å². The fourth-order valence-electron chi connectivity index (χ4n) is 1.20. The molecule has 1 rings (SSSR count). The fourth-order valence-corrected chi connectivity index (χ4v) is 1.32. The summed E-state index contributed by atoms with van der Waals surface area (Å²) in [4.78, 5) is 16.0. The van der Waals surface area contributed by atoms with Gasteiger partial charge in [-0.15, -0.1) is 0 Å². The zero-order valence-corrected chi connectivity index (χ0v) is 10.2. The van der Waals surface area contributed by atoms with Crippen LogP contribution in [0.3, 0.4) is 0 Å². The van der Waals surface area contributed by atoms with E-state index in [1.807, 2.05) is 0 Å². The molecule has 2 N–H and O–H groups in total. The maximum absolute atomic E-state index is 12.1. The summed E-state index contributed by atoms with van der Waals surface area (Å²) in [5.74, 6) is -0.818. The van der Waals surface area contributed by atoms with Crippen LogP contribution in [0.1, 0.15) is 16.1 Å². The molecule has 0 unspecified atom stereocenters. The van der Waals surface area contributed by atoms with Crippen LogP contribution >= 0.6 is 12.2 Å². The molecule has 8 heteroatoms. The van der Waals surface area contributed by atoms with E-state index in [2.05, 4.69) is 17.2 Å². The topological polar surface area (TPSA) is 59.2 Å². The third-order valence-electron chi connectivity index (χ3n) is 2.03. The molecule has 0 aliphatic heterocycles. The van der Waals surface area contributed by atoms with E-state index in [0.29, 0.717) is 10.5 Å². The van der Waals surface area contributed by atoms with Crippen LogP contribution in [0.25, 0.3) is 0 Å². The minimum atomic E-state index is -4.44. The number of carbonyl (C=O) groups is 1. The Hall–Kier alpha value is -1.70. The summed E-state index contributed by atoms with van der Waals surface area (Å²) < 4.78 is 36.3. The third-order valence-corrected chi connectivity index (χ3v) is 2.27. The van der Waals surface area contributed by atoms with Gasteiger partial charge < -0.3 is 10.6 Å². The predicted molar refractivity (Wildman–Crippen MR) is 63.1 cm³/mol. The van der Waals surface area contributed by atoms with Crippen LogP contribution in [0.5, 0.6) is 0 Å². The minimum Gasteiger partial charge on any atom is -0.389 e. The number of rotatable bonds is 3. The standard InChI is InChI=1S/C10H10F3N3OS/c1-16(5-10(11,12)13)9(17)7-3-2-6(4-15-7)8(14)18/h2-4H,5H2,1H3,(H2,14,18). The largest absolute Gasteiger partial charge is 0.406 e. The van der Waals surface area contributed by atoms with Crippen LogP contribution in [0.2, 0.25) is 0 Å². The molecule has 0 saturated heterocycles. The average molecular weight is 277 g/mol.